The summed E-state index contributed by atoms with van der Waals surface area (Å²) in [5.74, 6) is 3.27. The molecule has 2 aliphatic carbocycles. The van der Waals surface area contributed by atoms with Crippen LogP contribution >= 0.6 is 11.3 Å². The third-order valence-corrected chi connectivity index (χ3v) is 7.06. The zero-order valence-electron chi connectivity index (χ0n) is 15.9. The standard InChI is InChI=1S/C21H28N4S/c1-13-14(2)26-19(25-13)10-11-23-21(22-3)24-12-18-17-9-8-15-6-4-5-7-16(15)20(17)18/h4-7,17-18,20H,8-12H2,1-3H3,(H2,22,23,24). The predicted octanol–water partition coefficient (Wildman–Crippen LogP) is 3.44. The van der Waals surface area contributed by atoms with Gasteiger partial charge in [0, 0.05) is 31.4 Å². The lowest BCUT2D eigenvalue weighted by Crippen LogP contribution is -2.39. The monoisotopic (exact) mass is 368 g/mol. The van der Waals surface area contributed by atoms with E-state index in [4.69, 9.17) is 0 Å². The second-order valence-corrected chi connectivity index (χ2v) is 8.76. The fourth-order valence-electron chi connectivity index (χ4n) is 4.36. The quantitative estimate of drug-likeness (QED) is 0.628. The summed E-state index contributed by atoms with van der Waals surface area (Å²) in [6.45, 7) is 6.10. The summed E-state index contributed by atoms with van der Waals surface area (Å²) < 4.78 is 0. The van der Waals surface area contributed by atoms with Crippen molar-refractivity contribution in [1.29, 1.82) is 0 Å². The zero-order chi connectivity index (χ0) is 18.1. The number of nitrogens with zero attached hydrogens (tertiary/aromatic N) is 2. The Kier molecular flexibility index (Phi) is 4.98. The first-order valence-electron chi connectivity index (χ1n) is 9.62. The molecule has 1 aromatic carbocycles. The molecule has 0 spiro atoms. The summed E-state index contributed by atoms with van der Waals surface area (Å²) >= 11 is 1.80. The number of thiazole rings is 1. The van der Waals surface area contributed by atoms with E-state index in [1.165, 1.54) is 22.7 Å². The minimum absolute atomic E-state index is 0.751. The maximum atomic E-state index is 4.61. The average Bonchev–Trinajstić information content (AvgIpc) is 3.28. The minimum Gasteiger partial charge on any atom is -0.356 e. The summed E-state index contributed by atoms with van der Waals surface area (Å²) in [6, 6.07) is 8.99. The predicted molar refractivity (Wildman–Crippen MR) is 109 cm³/mol. The van der Waals surface area contributed by atoms with Gasteiger partial charge in [-0.3, -0.25) is 4.99 Å². The van der Waals surface area contributed by atoms with Crippen molar-refractivity contribution < 1.29 is 0 Å². The Hall–Kier alpha value is -1.88. The highest BCUT2D eigenvalue weighted by molar-refractivity contribution is 7.11. The van der Waals surface area contributed by atoms with Crippen molar-refractivity contribution in [3.8, 4) is 0 Å². The number of rotatable bonds is 5. The molecule has 5 heteroatoms. The number of benzene rings is 1. The molecule has 0 saturated heterocycles. The molecule has 2 aliphatic rings. The van der Waals surface area contributed by atoms with E-state index in [0.29, 0.717) is 0 Å². The van der Waals surface area contributed by atoms with Crippen LogP contribution in [0.15, 0.2) is 29.3 Å². The van der Waals surface area contributed by atoms with Gasteiger partial charge in [-0.25, -0.2) is 4.98 Å². The third-order valence-electron chi connectivity index (χ3n) is 5.93. The number of nitrogens with one attached hydrogen (secondary N) is 2. The van der Waals surface area contributed by atoms with Gasteiger partial charge in [-0.15, -0.1) is 11.3 Å². The molecule has 26 heavy (non-hydrogen) atoms. The summed E-state index contributed by atoms with van der Waals surface area (Å²) in [7, 11) is 1.85. The molecule has 1 fully saturated rings. The van der Waals surface area contributed by atoms with Crippen LogP contribution in [0.3, 0.4) is 0 Å². The smallest absolute Gasteiger partial charge is 0.190 e. The normalized spacial score (nSPS) is 24.0. The first-order chi connectivity index (χ1) is 12.7. The molecule has 2 N–H and O–H groups in total. The molecule has 1 saturated carbocycles. The minimum atomic E-state index is 0.751. The molecule has 0 amide bonds. The van der Waals surface area contributed by atoms with Crippen molar-refractivity contribution in [2.45, 2.75) is 39.0 Å². The van der Waals surface area contributed by atoms with E-state index in [2.05, 4.69) is 58.7 Å². The van der Waals surface area contributed by atoms with Gasteiger partial charge in [0.2, 0.25) is 0 Å². The zero-order valence-corrected chi connectivity index (χ0v) is 16.7. The summed E-state index contributed by atoms with van der Waals surface area (Å²) in [6.07, 6.45) is 3.53. The van der Waals surface area contributed by atoms with Gasteiger partial charge in [0.1, 0.15) is 0 Å². The molecule has 138 valence electrons. The van der Waals surface area contributed by atoms with Gasteiger partial charge >= 0.3 is 0 Å². The molecule has 4 nitrogen and oxygen atoms in total. The van der Waals surface area contributed by atoms with Crippen LogP contribution in [-0.4, -0.2) is 31.1 Å². The third kappa shape index (κ3) is 3.50. The van der Waals surface area contributed by atoms with Crippen LogP contribution in [0.4, 0.5) is 0 Å². The van der Waals surface area contributed by atoms with E-state index < -0.39 is 0 Å². The Balaban J connectivity index is 1.25. The summed E-state index contributed by atoms with van der Waals surface area (Å²) in [4.78, 5) is 10.3. The lowest BCUT2D eigenvalue weighted by atomic mass is 9.92. The summed E-state index contributed by atoms with van der Waals surface area (Å²) in [5.41, 5.74) is 4.31. The first-order valence-corrected chi connectivity index (χ1v) is 10.4. The highest BCUT2D eigenvalue weighted by atomic mass is 32.1. The van der Waals surface area contributed by atoms with Gasteiger partial charge in [-0.1, -0.05) is 24.3 Å². The van der Waals surface area contributed by atoms with Crippen LogP contribution in [0, 0.1) is 25.7 Å². The Morgan fingerprint density at radius 2 is 2.12 bits per heavy atom. The maximum absolute atomic E-state index is 4.61. The topological polar surface area (TPSA) is 49.3 Å². The fourth-order valence-corrected chi connectivity index (χ4v) is 5.29. The number of guanidine groups is 1. The Morgan fingerprint density at radius 3 is 2.88 bits per heavy atom. The average molecular weight is 369 g/mol. The van der Waals surface area contributed by atoms with Crippen LogP contribution < -0.4 is 10.6 Å². The number of aromatic nitrogens is 1. The van der Waals surface area contributed by atoms with E-state index in [-0.39, 0.29) is 0 Å². The van der Waals surface area contributed by atoms with Crippen molar-refractivity contribution in [1.82, 2.24) is 15.6 Å². The van der Waals surface area contributed by atoms with Crippen LogP contribution in [-0.2, 0) is 12.8 Å². The van der Waals surface area contributed by atoms with Crippen LogP contribution in [0.5, 0.6) is 0 Å². The highest BCUT2D eigenvalue weighted by Gasteiger charge is 2.52. The van der Waals surface area contributed by atoms with Gasteiger partial charge in [0.05, 0.1) is 10.7 Å². The molecule has 3 atom stereocenters. The van der Waals surface area contributed by atoms with Crippen molar-refractivity contribution >= 4 is 17.3 Å². The van der Waals surface area contributed by atoms with Crippen LogP contribution in [0.1, 0.15) is 39.0 Å². The maximum Gasteiger partial charge on any atom is 0.190 e. The molecule has 1 heterocycles. The Bertz CT molecular complexity index is 791. The van der Waals surface area contributed by atoms with E-state index in [9.17, 15) is 0 Å². The molecule has 0 radical (unpaired) electrons. The first kappa shape index (κ1) is 17.5. The van der Waals surface area contributed by atoms with Crippen molar-refractivity contribution in [3.05, 3.63) is 51.0 Å². The molecular weight excluding hydrogens is 340 g/mol. The number of fused-ring (bicyclic) bond motifs is 3. The van der Waals surface area contributed by atoms with Gasteiger partial charge < -0.3 is 10.6 Å². The SMILES string of the molecule is CN=C(NCCc1nc(C)c(C)s1)NCC1C2CCc3ccccc3C21. The van der Waals surface area contributed by atoms with Gasteiger partial charge in [-0.2, -0.15) is 0 Å². The van der Waals surface area contributed by atoms with Gasteiger partial charge in [0.15, 0.2) is 5.96 Å². The second kappa shape index (κ2) is 7.39. The molecule has 0 bridgehead atoms. The van der Waals surface area contributed by atoms with Crippen LogP contribution in [0.25, 0.3) is 0 Å². The number of aryl methyl sites for hydroxylation is 3. The van der Waals surface area contributed by atoms with Crippen molar-refractivity contribution in [2.24, 2.45) is 16.8 Å². The lowest BCUT2D eigenvalue weighted by molar-refractivity contribution is 0.618. The van der Waals surface area contributed by atoms with E-state index >= 15 is 0 Å². The van der Waals surface area contributed by atoms with E-state index in [1.54, 1.807) is 22.5 Å². The van der Waals surface area contributed by atoms with Crippen molar-refractivity contribution in [2.75, 3.05) is 20.1 Å². The van der Waals surface area contributed by atoms with E-state index in [0.717, 1.165) is 48.9 Å². The van der Waals surface area contributed by atoms with E-state index in [1.807, 2.05) is 7.05 Å². The number of hydrogen-bond donors (Lipinski definition) is 2. The number of aliphatic imine (C=N–C) groups is 1. The van der Waals surface area contributed by atoms with Gasteiger partial charge in [0.25, 0.3) is 0 Å². The summed E-state index contributed by atoms with van der Waals surface area (Å²) in [5, 5.41) is 8.18. The molecule has 1 aromatic heterocycles. The molecule has 0 aliphatic heterocycles. The van der Waals surface area contributed by atoms with Gasteiger partial charge in [-0.05, 0) is 55.6 Å². The Morgan fingerprint density at radius 1 is 1.27 bits per heavy atom. The number of hydrogen-bond acceptors (Lipinski definition) is 3. The second-order valence-electron chi connectivity index (χ2n) is 7.47. The van der Waals surface area contributed by atoms with Crippen molar-refractivity contribution in [3.63, 3.8) is 0 Å². The molecule has 4 rings (SSSR count). The lowest BCUT2D eigenvalue weighted by Gasteiger charge is -2.13. The highest BCUT2D eigenvalue weighted by Crippen LogP contribution is 2.59. The fraction of sp³-hybridized carbons (Fsp3) is 0.524. The van der Waals surface area contributed by atoms with Crippen LogP contribution in [0.2, 0.25) is 0 Å². The molecular formula is C21H28N4S. The molecule has 2 aromatic rings. The molecule has 3 unspecified atom stereocenters. The Labute approximate surface area is 160 Å². The largest absolute Gasteiger partial charge is 0.356 e.